The van der Waals surface area contributed by atoms with E-state index in [2.05, 4.69) is 21.2 Å². The summed E-state index contributed by atoms with van der Waals surface area (Å²) in [6.07, 6.45) is 1.84. The van der Waals surface area contributed by atoms with Crippen LogP contribution in [0.4, 0.5) is 5.69 Å². The highest BCUT2D eigenvalue weighted by atomic mass is 79.9. The van der Waals surface area contributed by atoms with E-state index >= 15 is 0 Å². The largest absolute Gasteiger partial charge is 0.493 e. The van der Waals surface area contributed by atoms with E-state index in [4.69, 9.17) is 9.47 Å². The van der Waals surface area contributed by atoms with Crippen LogP contribution in [0.2, 0.25) is 0 Å². The third kappa shape index (κ3) is 2.48. The van der Waals surface area contributed by atoms with Gasteiger partial charge in [-0.2, -0.15) is 0 Å². The van der Waals surface area contributed by atoms with Gasteiger partial charge in [0.15, 0.2) is 11.5 Å². The number of methoxy groups -OCH3 is 2. The molecule has 1 heterocycles. The average molecular weight is 360 g/mol. The van der Waals surface area contributed by atoms with Crippen LogP contribution < -0.4 is 14.8 Å². The Morgan fingerprint density at radius 3 is 2.64 bits per heavy atom. The summed E-state index contributed by atoms with van der Waals surface area (Å²) < 4.78 is 11.4. The minimum absolute atomic E-state index is 0.105. The first-order chi connectivity index (χ1) is 10.6. The van der Waals surface area contributed by atoms with Crippen molar-refractivity contribution in [3.05, 3.63) is 52.0 Å². The van der Waals surface area contributed by atoms with Crippen molar-refractivity contribution in [2.24, 2.45) is 0 Å². The zero-order valence-corrected chi connectivity index (χ0v) is 13.7. The third-order valence-electron chi connectivity index (χ3n) is 3.48. The summed E-state index contributed by atoms with van der Waals surface area (Å²) in [4.78, 5) is 12.2. The molecule has 0 bridgehead atoms. The van der Waals surface area contributed by atoms with Gasteiger partial charge in [0.1, 0.15) is 0 Å². The molecule has 0 saturated heterocycles. The Labute approximate surface area is 136 Å². The van der Waals surface area contributed by atoms with Gasteiger partial charge >= 0.3 is 0 Å². The molecule has 0 saturated carbocycles. The maximum absolute atomic E-state index is 12.2. The van der Waals surface area contributed by atoms with Crippen LogP contribution in [-0.4, -0.2) is 20.1 Å². The van der Waals surface area contributed by atoms with Crippen molar-refractivity contribution in [2.75, 3.05) is 19.5 Å². The number of halogens is 1. The van der Waals surface area contributed by atoms with Crippen molar-refractivity contribution in [2.45, 2.75) is 0 Å². The summed E-state index contributed by atoms with van der Waals surface area (Å²) in [5.41, 5.74) is 3.22. The molecule has 22 heavy (non-hydrogen) atoms. The SMILES string of the molecule is COc1cc(/C=C2\C(=O)Nc3ccccc32)cc(Br)c1OC. The van der Waals surface area contributed by atoms with Gasteiger partial charge in [0.05, 0.1) is 18.7 Å². The molecule has 0 spiro atoms. The normalized spacial score (nSPS) is 14.7. The molecule has 0 atom stereocenters. The second-order valence-electron chi connectivity index (χ2n) is 4.80. The van der Waals surface area contributed by atoms with Gasteiger partial charge in [0.25, 0.3) is 5.91 Å². The van der Waals surface area contributed by atoms with E-state index in [0.29, 0.717) is 17.1 Å². The first-order valence-corrected chi connectivity index (χ1v) is 7.47. The van der Waals surface area contributed by atoms with Crippen molar-refractivity contribution in [3.63, 3.8) is 0 Å². The smallest absolute Gasteiger partial charge is 0.256 e. The lowest BCUT2D eigenvalue weighted by molar-refractivity contribution is -0.110. The molecule has 5 heteroatoms. The molecule has 0 radical (unpaired) electrons. The van der Waals surface area contributed by atoms with Crippen LogP contribution in [0, 0.1) is 0 Å². The van der Waals surface area contributed by atoms with Crippen LogP contribution in [0.15, 0.2) is 40.9 Å². The van der Waals surface area contributed by atoms with Crippen LogP contribution in [-0.2, 0) is 4.79 Å². The van der Waals surface area contributed by atoms with Gasteiger partial charge in [-0.15, -0.1) is 0 Å². The molecule has 2 aromatic carbocycles. The van der Waals surface area contributed by atoms with E-state index < -0.39 is 0 Å². The van der Waals surface area contributed by atoms with Crippen LogP contribution in [0.25, 0.3) is 11.6 Å². The van der Waals surface area contributed by atoms with Gasteiger partial charge in [-0.25, -0.2) is 0 Å². The minimum atomic E-state index is -0.105. The van der Waals surface area contributed by atoms with Gasteiger partial charge in [0.2, 0.25) is 0 Å². The molecular formula is C17H14BrNO3. The lowest BCUT2D eigenvalue weighted by atomic mass is 10.0. The lowest BCUT2D eigenvalue weighted by Crippen LogP contribution is -2.03. The monoisotopic (exact) mass is 359 g/mol. The predicted molar refractivity (Wildman–Crippen MR) is 90.2 cm³/mol. The molecule has 112 valence electrons. The van der Waals surface area contributed by atoms with Crippen LogP contribution in [0.3, 0.4) is 0 Å². The quantitative estimate of drug-likeness (QED) is 0.843. The molecule has 3 rings (SSSR count). The summed E-state index contributed by atoms with van der Waals surface area (Å²) in [5, 5.41) is 2.86. The van der Waals surface area contributed by atoms with Crippen molar-refractivity contribution in [3.8, 4) is 11.5 Å². The molecule has 0 fully saturated rings. The van der Waals surface area contributed by atoms with E-state index in [-0.39, 0.29) is 5.91 Å². The topological polar surface area (TPSA) is 47.6 Å². The van der Waals surface area contributed by atoms with Gasteiger partial charge in [-0.1, -0.05) is 18.2 Å². The molecule has 2 aromatic rings. The maximum Gasteiger partial charge on any atom is 0.256 e. The molecule has 1 aliphatic heterocycles. The van der Waals surface area contributed by atoms with Crippen molar-refractivity contribution < 1.29 is 14.3 Å². The first kappa shape index (κ1) is 14.7. The molecule has 1 aliphatic rings. The second kappa shape index (κ2) is 5.85. The summed E-state index contributed by atoms with van der Waals surface area (Å²) >= 11 is 3.46. The zero-order valence-electron chi connectivity index (χ0n) is 12.1. The number of ether oxygens (including phenoxy) is 2. The van der Waals surface area contributed by atoms with Crippen molar-refractivity contribution in [1.82, 2.24) is 0 Å². The lowest BCUT2D eigenvalue weighted by Gasteiger charge is -2.10. The molecule has 0 aromatic heterocycles. The Morgan fingerprint density at radius 1 is 1.14 bits per heavy atom. The fourth-order valence-electron chi connectivity index (χ4n) is 2.47. The van der Waals surface area contributed by atoms with Gasteiger partial charge in [0, 0.05) is 16.8 Å². The summed E-state index contributed by atoms with van der Waals surface area (Å²) in [7, 11) is 3.17. The van der Waals surface area contributed by atoms with E-state index in [1.54, 1.807) is 14.2 Å². The highest BCUT2D eigenvalue weighted by Gasteiger charge is 2.23. The number of hydrogen-bond donors (Lipinski definition) is 1. The number of benzene rings is 2. The molecular weight excluding hydrogens is 346 g/mol. The number of carbonyl (C=O) groups excluding carboxylic acids is 1. The summed E-state index contributed by atoms with van der Waals surface area (Å²) in [6.45, 7) is 0. The zero-order chi connectivity index (χ0) is 15.7. The second-order valence-corrected chi connectivity index (χ2v) is 5.65. The Balaban J connectivity index is 2.10. The summed E-state index contributed by atoms with van der Waals surface area (Å²) in [6, 6.07) is 11.4. The van der Waals surface area contributed by atoms with Crippen LogP contribution in [0.5, 0.6) is 11.5 Å². The summed E-state index contributed by atoms with van der Waals surface area (Å²) in [5.74, 6) is 1.13. The maximum atomic E-state index is 12.2. The van der Waals surface area contributed by atoms with Gasteiger partial charge in [-0.3, -0.25) is 4.79 Å². The van der Waals surface area contributed by atoms with E-state index in [0.717, 1.165) is 21.3 Å². The molecule has 4 nitrogen and oxygen atoms in total. The Morgan fingerprint density at radius 2 is 1.91 bits per heavy atom. The number of hydrogen-bond acceptors (Lipinski definition) is 3. The number of fused-ring (bicyclic) bond motifs is 1. The van der Waals surface area contributed by atoms with Crippen molar-refractivity contribution in [1.29, 1.82) is 0 Å². The fourth-order valence-corrected chi connectivity index (χ4v) is 3.09. The highest BCUT2D eigenvalue weighted by Crippen LogP contribution is 2.38. The predicted octanol–water partition coefficient (Wildman–Crippen LogP) is 3.96. The number of anilines is 1. The highest BCUT2D eigenvalue weighted by molar-refractivity contribution is 9.10. The number of nitrogens with one attached hydrogen (secondary N) is 1. The molecule has 1 amide bonds. The number of amides is 1. The van der Waals surface area contributed by atoms with Gasteiger partial charge in [-0.05, 0) is 45.8 Å². The standard InChI is InChI=1S/C17H14BrNO3/c1-21-15-9-10(8-13(18)16(15)22-2)7-12-11-5-3-4-6-14(11)19-17(12)20/h3-9H,1-2H3,(H,19,20)/b12-7-. The minimum Gasteiger partial charge on any atom is -0.493 e. The van der Waals surface area contributed by atoms with E-state index in [1.807, 2.05) is 42.5 Å². The Bertz CT molecular complexity index is 783. The third-order valence-corrected chi connectivity index (χ3v) is 4.07. The molecule has 1 N–H and O–H groups in total. The fraction of sp³-hybridized carbons (Fsp3) is 0.118. The van der Waals surface area contributed by atoms with E-state index in [9.17, 15) is 4.79 Å². The van der Waals surface area contributed by atoms with Gasteiger partial charge < -0.3 is 14.8 Å². The molecule has 0 unspecified atom stereocenters. The Hall–Kier alpha value is -2.27. The number of rotatable bonds is 3. The first-order valence-electron chi connectivity index (χ1n) is 6.68. The van der Waals surface area contributed by atoms with Crippen molar-refractivity contribution >= 4 is 39.2 Å². The molecule has 0 aliphatic carbocycles. The van der Waals surface area contributed by atoms with Crippen LogP contribution >= 0.6 is 15.9 Å². The number of para-hydroxylation sites is 1. The number of carbonyl (C=O) groups is 1. The van der Waals surface area contributed by atoms with Crippen LogP contribution in [0.1, 0.15) is 11.1 Å². The average Bonchev–Trinajstić information content (AvgIpc) is 2.83. The Kier molecular flexibility index (Phi) is 3.90. The van der Waals surface area contributed by atoms with E-state index in [1.165, 1.54) is 0 Å².